The normalized spacial score (nSPS) is 15.3. The Morgan fingerprint density at radius 2 is 2.44 bits per heavy atom. The maximum Gasteiger partial charge on any atom is 0.246 e. The molecule has 2 aromatic heterocycles. The molecule has 0 atom stereocenters. The standard InChI is InChI=1S/C13H13N3OS/c1-2-3-12(17)16-5-4-9-10-6-14-8-15-13(10)18-11(9)7-16/h2-3,6,8H,4-5,7H2,1H3/b3-2+. The second kappa shape index (κ2) is 4.49. The van der Waals surface area contributed by atoms with Crippen LogP contribution in [-0.4, -0.2) is 27.3 Å². The minimum absolute atomic E-state index is 0.0895. The van der Waals surface area contributed by atoms with Crippen LogP contribution in [0, 0.1) is 0 Å². The molecule has 0 aliphatic carbocycles. The lowest BCUT2D eigenvalue weighted by Crippen LogP contribution is -2.34. The van der Waals surface area contributed by atoms with E-state index in [1.807, 2.05) is 18.0 Å². The Hall–Kier alpha value is -1.75. The molecule has 18 heavy (non-hydrogen) atoms. The summed E-state index contributed by atoms with van der Waals surface area (Å²) in [5, 5.41) is 1.15. The molecule has 3 rings (SSSR count). The summed E-state index contributed by atoms with van der Waals surface area (Å²) in [6, 6.07) is 0. The van der Waals surface area contributed by atoms with Crippen LogP contribution >= 0.6 is 11.3 Å². The number of carbonyl (C=O) groups is 1. The largest absolute Gasteiger partial charge is 0.334 e. The fourth-order valence-corrected chi connectivity index (χ4v) is 3.45. The van der Waals surface area contributed by atoms with Crippen LogP contribution in [0.1, 0.15) is 17.4 Å². The van der Waals surface area contributed by atoms with Gasteiger partial charge >= 0.3 is 0 Å². The molecule has 0 fully saturated rings. The summed E-state index contributed by atoms with van der Waals surface area (Å²) in [7, 11) is 0. The number of thiophene rings is 1. The topological polar surface area (TPSA) is 46.1 Å². The van der Waals surface area contributed by atoms with Gasteiger partial charge in [-0.25, -0.2) is 9.97 Å². The SMILES string of the molecule is C/C=C/C(=O)N1CCc2c(sc3ncncc23)C1. The zero-order chi connectivity index (χ0) is 12.5. The summed E-state index contributed by atoms with van der Waals surface area (Å²) in [6.45, 7) is 3.33. The fourth-order valence-electron chi connectivity index (χ4n) is 2.27. The number of nitrogens with zero attached hydrogens (tertiary/aromatic N) is 3. The lowest BCUT2D eigenvalue weighted by atomic mass is 10.1. The first-order valence-corrected chi connectivity index (χ1v) is 6.73. The number of fused-ring (bicyclic) bond motifs is 3. The second-order valence-electron chi connectivity index (χ2n) is 4.26. The minimum Gasteiger partial charge on any atom is -0.334 e. The van der Waals surface area contributed by atoms with Crippen molar-refractivity contribution in [1.29, 1.82) is 0 Å². The average molecular weight is 259 g/mol. The molecule has 92 valence electrons. The highest BCUT2D eigenvalue weighted by atomic mass is 32.1. The molecule has 0 aromatic carbocycles. The monoisotopic (exact) mass is 259 g/mol. The highest BCUT2D eigenvalue weighted by Gasteiger charge is 2.23. The first-order chi connectivity index (χ1) is 8.79. The first kappa shape index (κ1) is 11.3. The number of aromatic nitrogens is 2. The molecule has 1 aliphatic heterocycles. The Morgan fingerprint density at radius 3 is 3.28 bits per heavy atom. The van der Waals surface area contributed by atoms with Crippen molar-refractivity contribution in [3.8, 4) is 0 Å². The van der Waals surface area contributed by atoms with Crippen LogP contribution in [0.15, 0.2) is 24.7 Å². The summed E-state index contributed by atoms with van der Waals surface area (Å²) in [6.07, 6.45) is 7.76. The maximum absolute atomic E-state index is 11.8. The van der Waals surface area contributed by atoms with Crippen molar-refractivity contribution in [2.75, 3.05) is 6.54 Å². The van der Waals surface area contributed by atoms with Crippen LogP contribution in [0.2, 0.25) is 0 Å². The van der Waals surface area contributed by atoms with Crippen molar-refractivity contribution in [2.45, 2.75) is 19.9 Å². The van der Waals surface area contributed by atoms with Crippen LogP contribution in [0.25, 0.3) is 10.2 Å². The molecule has 0 N–H and O–H groups in total. The summed E-state index contributed by atoms with van der Waals surface area (Å²) in [5.74, 6) is 0.0895. The summed E-state index contributed by atoms with van der Waals surface area (Å²) in [4.78, 5) is 24.4. The van der Waals surface area contributed by atoms with Gasteiger partial charge in [0.25, 0.3) is 0 Å². The lowest BCUT2D eigenvalue weighted by molar-refractivity contribution is -0.126. The third-order valence-electron chi connectivity index (χ3n) is 3.14. The van der Waals surface area contributed by atoms with Crippen LogP contribution in [0.4, 0.5) is 0 Å². The van der Waals surface area contributed by atoms with E-state index in [-0.39, 0.29) is 5.91 Å². The van der Waals surface area contributed by atoms with Crippen molar-refractivity contribution >= 4 is 27.5 Å². The van der Waals surface area contributed by atoms with E-state index in [9.17, 15) is 4.79 Å². The molecule has 0 saturated carbocycles. The average Bonchev–Trinajstić information content (AvgIpc) is 2.76. The van der Waals surface area contributed by atoms with Crippen molar-refractivity contribution in [1.82, 2.24) is 14.9 Å². The molecule has 3 heterocycles. The first-order valence-electron chi connectivity index (χ1n) is 5.91. The molecule has 0 saturated heterocycles. The van der Waals surface area contributed by atoms with Crippen LogP contribution in [0.3, 0.4) is 0 Å². The maximum atomic E-state index is 11.8. The molecule has 0 bridgehead atoms. The molecule has 0 unspecified atom stereocenters. The van der Waals surface area contributed by atoms with Crippen molar-refractivity contribution in [3.63, 3.8) is 0 Å². The third-order valence-corrected chi connectivity index (χ3v) is 4.28. The van der Waals surface area contributed by atoms with Crippen molar-refractivity contribution in [2.24, 2.45) is 0 Å². The quantitative estimate of drug-likeness (QED) is 0.737. The molecule has 4 nitrogen and oxygen atoms in total. The van der Waals surface area contributed by atoms with E-state index in [2.05, 4.69) is 9.97 Å². The van der Waals surface area contributed by atoms with E-state index in [0.29, 0.717) is 6.54 Å². The highest BCUT2D eigenvalue weighted by molar-refractivity contribution is 7.18. The number of allylic oxidation sites excluding steroid dienone is 1. The zero-order valence-electron chi connectivity index (χ0n) is 10.1. The Labute approximate surface area is 109 Å². The predicted octanol–water partition coefficient (Wildman–Crippen LogP) is 2.15. The molecule has 0 radical (unpaired) electrons. The van der Waals surface area contributed by atoms with Gasteiger partial charge in [0, 0.05) is 23.0 Å². The van der Waals surface area contributed by atoms with Crippen LogP contribution < -0.4 is 0 Å². The number of hydrogen-bond acceptors (Lipinski definition) is 4. The van der Waals surface area contributed by atoms with Gasteiger partial charge in [0.05, 0.1) is 6.54 Å². The van der Waals surface area contributed by atoms with E-state index in [1.165, 1.54) is 10.4 Å². The van der Waals surface area contributed by atoms with Crippen LogP contribution in [0.5, 0.6) is 0 Å². The van der Waals surface area contributed by atoms with Gasteiger partial charge in [-0.15, -0.1) is 11.3 Å². The third kappa shape index (κ3) is 1.80. The predicted molar refractivity (Wildman–Crippen MR) is 71.4 cm³/mol. The summed E-state index contributed by atoms with van der Waals surface area (Å²) < 4.78 is 0. The number of rotatable bonds is 1. The minimum atomic E-state index is 0.0895. The molecular formula is C13H13N3OS. The van der Waals surface area contributed by atoms with Crippen molar-refractivity contribution < 1.29 is 4.79 Å². The number of hydrogen-bond donors (Lipinski definition) is 0. The molecule has 0 spiro atoms. The van der Waals surface area contributed by atoms with Gasteiger partial charge in [-0.3, -0.25) is 4.79 Å². The highest BCUT2D eigenvalue weighted by Crippen LogP contribution is 2.33. The van der Waals surface area contributed by atoms with Gasteiger partial charge in [-0.05, 0) is 25.0 Å². The van der Waals surface area contributed by atoms with E-state index in [0.717, 1.165) is 23.2 Å². The van der Waals surface area contributed by atoms with Gasteiger partial charge in [0.2, 0.25) is 5.91 Å². The summed E-state index contributed by atoms with van der Waals surface area (Å²) >= 11 is 1.67. The van der Waals surface area contributed by atoms with E-state index in [4.69, 9.17) is 0 Å². The Bertz CT molecular complexity index is 632. The lowest BCUT2D eigenvalue weighted by Gasteiger charge is -2.25. The second-order valence-corrected chi connectivity index (χ2v) is 5.34. The Kier molecular flexibility index (Phi) is 2.83. The summed E-state index contributed by atoms with van der Waals surface area (Å²) in [5.41, 5.74) is 1.32. The molecule has 1 aliphatic rings. The van der Waals surface area contributed by atoms with E-state index < -0.39 is 0 Å². The zero-order valence-corrected chi connectivity index (χ0v) is 10.9. The molecule has 1 amide bonds. The van der Waals surface area contributed by atoms with Crippen molar-refractivity contribution in [3.05, 3.63) is 35.1 Å². The fraction of sp³-hybridized carbons (Fsp3) is 0.308. The van der Waals surface area contributed by atoms with Gasteiger partial charge in [0.1, 0.15) is 11.2 Å². The number of amides is 1. The number of carbonyl (C=O) groups excluding carboxylic acids is 1. The van der Waals surface area contributed by atoms with Gasteiger partial charge in [-0.2, -0.15) is 0 Å². The van der Waals surface area contributed by atoms with Gasteiger partial charge < -0.3 is 4.90 Å². The van der Waals surface area contributed by atoms with Crippen LogP contribution in [-0.2, 0) is 17.8 Å². The van der Waals surface area contributed by atoms with E-state index >= 15 is 0 Å². The van der Waals surface area contributed by atoms with Gasteiger partial charge in [-0.1, -0.05) is 6.08 Å². The van der Waals surface area contributed by atoms with E-state index in [1.54, 1.807) is 29.8 Å². The Morgan fingerprint density at radius 1 is 1.56 bits per heavy atom. The molecule has 5 heteroatoms. The van der Waals surface area contributed by atoms with Gasteiger partial charge in [0.15, 0.2) is 0 Å². The smallest absolute Gasteiger partial charge is 0.246 e. The Balaban J connectivity index is 1.96. The molecule has 2 aromatic rings. The molecular weight excluding hydrogens is 246 g/mol.